The first-order valence-corrected chi connectivity index (χ1v) is 7.91. The second kappa shape index (κ2) is 7.87. The van der Waals surface area contributed by atoms with Gasteiger partial charge in [-0.25, -0.2) is 4.79 Å². The minimum Gasteiger partial charge on any atom is -0.493 e. The summed E-state index contributed by atoms with van der Waals surface area (Å²) in [5, 5.41) is 2.77. The fourth-order valence-corrected chi connectivity index (χ4v) is 2.81. The Morgan fingerprint density at radius 2 is 1.92 bits per heavy atom. The van der Waals surface area contributed by atoms with E-state index in [1.807, 2.05) is 12.1 Å². The van der Waals surface area contributed by atoms with Gasteiger partial charge in [0.2, 0.25) is 5.91 Å². The Balaban J connectivity index is 1.89. The molecule has 4 amide bonds. The van der Waals surface area contributed by atoms with Crippen LogP contribution < -0.4 is 14.8 Å². The van der Waals surface area contributed by atoms with Gasteiger partial charge >= 0.3 is 6.03 Å². The number of hydrogen-bond donors (Lipinski definition) is 1. The molecular formula is C17H23N3O5. The van der Waals surface area contributed by atoms with Gasteiger partial charge in [0.25, 0.3) is 5.91 Å². The highest BCUT2D eigenvalue weighted by molar-refractivity contribution is 6.05. The highest BCUT2D eigenvalue weighted by Crippen LogP contribution is 2.30. The number of nitrogens with one attached hydrogen (secondary N) is 1. The normalized spacial score (nSPS) is 17.0. The first kappa shape index (κ1) is 18.6. The molecule has 8 nitrogen and oxygen atoms in total. The molecule has 25 heavy (non-hydrogen) atoms. The van der Waals surface area contributed by atoms with Crippen LogP contribution in [0.4, 0.5) is 4.79 Å². The van der Waals surface area contributed by atoms with Crippen molar-refractivity contribution in [2.75, 3.05) is 34.9 Å². The number of carbonyl (C=O) groups is 3. The van der Waals surface area contributed by atoms with Gasteiger partial charge in [-0.1, -0.05) is 12.1 Å². The molecule has 0 unspecified atom stereocenters. The summed E-state index contributed by atoms with van der Waals surface area (Å²) >= 11 is 0. The van der Waals surface area contributed by atoms with E-state index >= 15 is 0 Å². The predicted molar refractivity (Wildman–Crippen MR) is 90.6 cm³/mol. The second-order valence-corrected chi connectivity index (χ2v) is 5.76. The van der Waals surface area contributed by atoms with E-state index in [0.717, 1.165) is 10.5 Å². The van der Waals surface area contributed by atoms with Crippen molar-refractivity contribution < 1.29 is 23.9 Å². The zero-order valence-electron chi connectivity index (χ0n) is 14.9. The molecule has 1 N–H and O–H groups in total. The minimum absolute atomic E-state index is 0.0549. The van der Waals surface area contributed by atoms with Crippen LogP contribution in [0.1, 0.15) is 12.0 Å². The molecule has 0 aliphatic carbocycles. The zero-order valence-corrected chi connectivity index (χ0v) is 14.9. The molecule has 1 fully saturated rings. The SMILES string of the molecule is COc1cccc(CCNC(=O)C[C@H]2C(=O)N(C)C(=O)N2C)c1OC. The Labute approximate surface area is 146 Å². The third kappa shape index (κ3) is 3.84. The van der Waals surface area contributed by atoms with Gasteiger partial charge in [-0.15, -0.1) is 0 Å². The maximum Gasteiger partial charge on any atom is 0.326 e. The van der Waals surface area contributed by atoms with Crippen LogP contribution in [0.5, 0.6) is 11.5 Å². The molecule has 1 aromatic rings. The summed E-state index contributed by atoms with van der Waals surface area (Å²) in [5.41, 5.74) is 0.908. The topological polar surface area (TPSA) is 88.2 Å². The highest BCUT2D eigenvalue weighted by Gasteiger charge is 2.41. The lowest BCUT2D eigenvalue weighted by atomic mass is 10.1. The number of nitrogens with zero attached hydrogens (tertiary/aromatic N) is 2. The van der Waals surface area contributed by atoms with Gasteiger partial charge in [-0.3, -0.25) is 14.5 Å². The average molecular weight is 349 g/mol. The maximum atomic E-state index is 12.1. The van der Waals surface area contributed by atoms with Gasteiger partial charge in [-0.05, 0) is 18.1 Å². The average Bonchev–Trinajstić information content (AvgIpc) is 2.79. The van der Waals surface area contributed by atoms with E-state index in [1.165, 1.54) is 19.0 Å². The molecule has 1 atom stereocenters. The molecule has 8 heteroatoms. The molecular weight excluding hydrogens is 326 g/mol. The van der Waals surface area contributed by atoms with E-state index in [0.29, 0.717) is 24.5 Å². The molecule has 0 radical (unpaired) electrons. The molecule has 1 saturated heterocycles. The number of hydrogen-bond acceptors (Lipinski definition) is 5. The number of urea groups is 1. The number of methoxy groups -OCH3 is 2. The Hall–Kier alpha value is -2.77. The van der Waals surface area contributed by atoms with Gasteiger partial charge < -0.3 is 19.7 Å². The monoisotopic (exact) mass is 349 g/mol. The summed E-state index contributed by atoms with van der Waals surface area (Å²) in [4.78, 5) is 38.1. The van der Waals surface area contributed by atoms with E-state index in [-0.39, 0.29) is 18.2 Å². The number of para-hydroxylation sites is 1. The van der Waals surface area contributed by atoms with Gasteiger partial charge in [0.1, 0.15) is 6.04 Å². The van der Waals surface area contributed by atoms with Crippen molar-refractivity contribution in [1.82, 2.24) is 15.1 Å². The Bertz CT molecular complexity index is 676. The molecule has 0 bridgehead atoms. The molecule has 0 saturated carbocycles. The van der Waals surface area contributed by atoms with Crippen LogP contribution in [0.25, 0.3) is 0 Å². The minimum atomic E-state index is -0.746. The number of imide groups is 1. The van der Waals surface area contributed by atoms with Crippen LogP contribution in [0, 0.1) is 0 Å². The van der Waals surface area contributed by atoms with Crippen molar-refractivity contribution in [3.05, 3.63) is 23.8 Å². The molecule has 1 aliphatic heterocycles. The summed E-state index contributed by atoms with van der Waals surface area (Å²) in [5.74, 6) is 0.621. The van der Waals surface area contributed by atoms with Gasteiger partial charge in [0.15, 0.2) is 11.5 Å². The van der Waals surface area contributed by atoms with Crippen molar-refractivity contribution in [2.24, 2.45) is 0 Å². The van der Waals surface area contributed by atoms with Crippen LogP contribution in [0.15, 0.2) is 18.2 Å². The largest absolute Gasteiger partial charge is 0.493 e. The molecule has 0 spiro atoms. The van der Waals surface area contributed by atoms with Crippen LogP contribution in [0.3, 0.4) is 0 Å². The molecule has 136 valence electrons. The first-order valence-electron chi connectivity index (χ1n) is 7.91. The highest BCUT2D eigenvalue weighted by atomic mass is 16.5. The summed E-state index contributed by atoms with van der Waals surface area (Å²) in [6.07, 6.45) is 0.500. The van der Waals surface area contributed by atoms with Crippen molar-refractivity contribution in [3.63, 3.8) is 0 Å². The molecule has 1 aromatic carbocycles. The van der Waals surface area contributed by atoms with Crippen LogP contribution >= 0.6 is 0 Å². The third-order valence-electron chi connectivity index (χ3n) is 4.25. The Morgan fingerprint density at radius 3 is 2.48 bits per heavy atom. The van der Waals surface area contributed by atoms with E-state index in [4.69, 9.17) is 9.47 Å². The number of likely N-dealkylation sites (N-methyl/N-ethyl adjacent to an activating group) is 2. The zero-order chi connectivity index (χ0) is 18.6. The summed E-state index contributed by atoms with van der Waals surface area (Å²) in [6.45, 7) is 0.386. The van der Waals surface area contributed by atoms with Crippen molar-refractivity contribution >= 4 is 17.8 Å². The molecule has 2 rings (SSSR count). The van der Waals surface area contributed by atoms with Gasteiger partial charge in [-0.2, -0.15) is 0 Å². The molecule has 0 aromatic heterocycles. The molecule has 1 aliphatic rings. The third-order valence-corrected chi connectivity index (χ3v) is 4.25. The summed E-state index contributed by atoms with van der Waals surface area (Å²) in [6, 6.07) is 4.41. The smallest absolute Gasteiger partial charge is 0.326 e. The van der Waals surface area contributed by atoms with E-state index in [1.54, 1.807) is 20.3 Å². The molecule has 1 heterocycles. The first-order chi connectivity index (χ1) is 11.9. The van der Waals surface area contributed by atoms with Crippen LogP contribution in [-0.4, -0.2) is 68.5 Å². The number of ether oxygens (including phenoxy) is 2. The van der Waals surface area contributed by atoms with E-state index < -0.39 is 12.1 Å². The van der Waals surface area contributed by atoms with E-state index in [2.05, 4.69) is 5.32 Å². The standard InChI is InChI=1S/C17H23N3O5/c1-19-12(16(22)20(2)17(19)23)10-14(21)18-9-8-11-6-5-7-13(24-3)15(11)25-4/h5-7,12H,8-10H2,1-4H3,(H,18,21)/t12-/m0/s1. The fraction of sp³-hybridized carbons (Fsp3) is 0.471. The summed E-state index contributed by atoms with van der Waals surface area (Å²) < 4.78 is 10.6. The van der Waals surface area contributed by atoms with Gasteiger partial charge in [0.05, 0.1) is 20.6 Å². The quantitative estimate of drug-likeness (QED) is 0.730. The van der Waals surface area contributed by atoms with Crippen molar-refractivity contribution in [2.45, 2.75) is 18.9 Å². The number of carbonyl (C=O) groups excluding carboxylic acids is 3. The lowest BCUT2D eigenvalue weighted by molar-refractivity contribution is -0.131. The van der Waals surface area contributed by atoms with E-state index in [9.17, 15) is 14.4 Å². The van der Waals surface area contributed by atoms with Crippen LogP contribution in [0.2, 0.25) is 0 Å². The lowest BCUT2D eigenvalue weighted by Gasteiger charge is -2.16. The number of benzene rings is 1. The Kier molecular flexibility index (Phi) is 5.84. The van der Waals surface area contributed by atoms with Gasteiger partial charge in [0, 0.05) is 20.6 Å². The fourth-order valence-electron chi connectivity index (χ4n) is 2.81. The van der Waals surface area contributed by atoms with Crippen molar-refractivity contribution in [1.29, 1.82) is 0 Å². The predicted octanol–water partition coefficient (Wildman–Crippen LogP) is 0.645. The number of amides is 4. The maximum absolute atomic E-state index is 12.1. The number of rotatable bonds is 7. The van der Waals surface area contributed by atoms with Crippen LogP contribution in [-0.2, 0) is 16.0 Å². The lowest BCUT2D eigenvalue weighted by Crippen LogP contribution is -2.37. The summed E-state index contributed by atoms with van der Waals surface area (Å²) in [7, 11) is 6.06. The second-order valence-electron chi connectivity index (χ2n) is 5.76. The van der Waals surface area contributed by atoms with Crippen molar-refractivity contribution in [3.8, 4) is 11.5 Å². The Morgan fingerprint density at radius 1 is 1.20 bits per heavy atom.